The lowest BCUT2D eigenvalue weighted by molar-refractivity contribution is -0.113. The van der Waals surface area contributed by atoms with E-state index in [1.807, 2.05) is 0 Å². The Balaban J connectivity index is 1.89. The van der Waals surface area contributed by atoms with Gasteiger partial charge >= 0.3 is 0 Å². The minimum absolute atomic E-state index is 0.0151. The van der Waals surface area contributed by atoms with Crippen LogP contribution in [0.2, 0.25) is 0 Å². The van der Waals surface area contributed by atoms with Gasteiger partial charge in [0.05, 0.1) is 5.75 Å². The summed E-state index contributed by atoms with van der Waals surface area (Å²) in [6, 6.07) is 3.24. The molecule has 1 amide bonds. The summed E-state index contributed by atoms with van der Waals surface area (Å²) in [7, 11) is 0. The lowest BCUT2D eigenvalue weighted by Gasteiger charge is -2.03. The predicted molar refractivity (Wildman–Crippen MR) is 70.4 cm³/mol. The van der Waals surface area contributed by atoms with E-state index in [0.717, 1.165) is 28.9 Å². The molecule has 0 unspecified atom stereocenters. The van der Waals surface area contributed by atoms with Crippen LogP contribution in [0.15, 0.2) is 23.1 Å². The zero-order valence-electron chi connectivity index (χ0n) is 9.81. The van der Waals surface area contributed by atoms with Gasteiger partial charge in [-0.25, -0.2) is 8.78 Å². The molecule has 1 aromatic carbocycles. The summed E-state index contributed by atoms with van der Waals surface area (Å²) in [4.78, 5) is 11.8. The molecule has 0 saturated heterocycles. The van der Waals surface area contributed by atoms with E-state index in [9.17, 15) is 13.6 Å². The molecule has 0 saturated carbocycles. The fraction of sp³-hybridized carbons (Fsp3) is 0.182. The molecule has 1 heterocycles. The van der Waals surface area contributed by atoms with Crippen LogP contribution in [0.4, 0.5) is 13.9 Å². The molecule has 1 N–H and O–H groups in total. The van der Waals surface area contributed by atoms with E-state index >= 15 is 0 Å². The smallest absolute Gasteiger partial charge is 0.236 e. The van der Waals surface area contributed by atoms with E-state index in [0.29, 0.717) is 5.13 Å². The van der Waals surface area contributed by atoms with Crippen molar-refractivity contribution in [3.63, 3.8) is 0 Å². The second-order valence-electron chi connectivity index (χ2n) is 3.54. The maximum atomic E-state index is 13.3. The summed E-state index contributed by atoms with van der Waals surface area (Å²) >= 11 is 2.25. The third-order valence-electron chi connectivity index (χ3n) is 2.03. The van der Waals surface area contributed by atoms with E-state index in [4.69, 9.17) is 0 Å². The highest BCUT2D eigenvalue weighted by Gasteiger charge is 2.09. The number of halogens is 2. The number of hydrogen-bond donors (Lipinski definition) is 1. The summed E-state index contributed by atoms with van der Waals surface area (Å²) in [6.45, 7) is 1.77. The first-order valence-electron chi connectivity index (χ1n) is 5.22. The Labute approximate surface area is 116 Å². The van der Waals surface area contributed by atoms with Crippen molar-refractivity contribution >= 4 is 34.1 Å². The normalized spacial score (nSPS) is 10.5. The zero-order chi connectivity index (χ0) is 13.8. The van der Waals surface area contributed by atoms with Crippen LogP contribution in [0.3, 0.4) is 0 Å². The second kappa shape index (κ2) is 6.07. The van der Waals surface area contributed by atoms with Crippen LogP contribution in [-0.4, -0.2) is 21.9 Å². The molecule has 0 spiro atoms. The topological polar surface area (TPSA) is 54.9 Å². The van der Waals surface area contributed by atoms with Gasteiger partial charge in [0.15, 0.2) is 0 Å². The molecule has 2 rings (SSSR count). The molecule has 0 aliphatic carbocycles. The average Bonchev–Trinajstić information content (AvgIpc) is 2.73. The molecule has 4 nitrogen and oxygen atoms in total. The first kappa shape index (κ1) is 13.9. The molecular weight excluding hydrogens is 292 g/mol. The van der Waals surface area contributed by atoms with Gasteiger partial charge in [-0.05, 0) is 19.1 Å². The first-order chi connectivity index (χ1) is 9.04. The number of aryl methyl sites for hydroxylation is 1. The minimum atomic E-state index is -0.676. The number of hydrogen-bond acceptors (Lipinski definition) is 5. The molecule has 2 aromatic rings. The van der Waals surface area contributed by atoms with Crippen molar-refractivity contribution in [1.29, 1.82) is 0 Å². The Bertz CT molecular complexity index is 603. The van der Waals surface area contributed by atoms with Crippen molar-refractivity contribution in [2.45, 2.75) is 11.8 Å². The van der Waals surface area contributed by atoms with Gasteiger partial charge in [-0.2, -0.15) is 0 Å². The van der Waals surface area contributed by atoms with Gasteiger partial charge in [-0.15, -0.1) is 22.0 Å². The van der Waals surface area contributed by atoms with E-state index < -0.39 is 11.6 Å². The van der Waals surface area contributed by atoms with Crippen molar-refractivity contribution in [3.8, 4) is 0 Å². The molecule has 8 heteroatoms. The number of carbonyl (C=O) groups is 1. The van der Waals surface area contributed by atoms with Gasteiger partial charge in [-0.3, -0.25) is 10.1 Å². The van der Waals surface area contributed by atoms with Gasteiger partial charge in [0.25, 0.3) is 0 Å². The summed E-state index contributed by atoms with van der Waals surface area (Å²) < 4.78 is 26.0. The van der Waals surface area contributed by atoms with Gasteiger partial charge in [0.2, 0.25) is 11.0 Å². The van der Waals surface area contributed by atoms with Crippen molar-refractivity contribution in [2.24, 2.45) is 0 Å². The Morgan fingerprint density at radius 3 is 2.84 bits per heavy atom. The SMILES string of the molecule is Cc1nnc(NC(=O)CSc2ccc(F)cc2F)s1. The molecule has 0 aliphatic rings. The van der Waals surface area contributed by atoms with Crippen molar-refractivity contribution < 1.29 is 13.6 Å². The number of nitrogens with zero attached hydrogens (tertiary/aromatic N) is 2. The van der Waals surface area contributed by atoms with E-state index in [2.05, 4.69) is 15.5 Å². The first-order valence-corrected chi connectivity index (χ1v) is 7.02. The quantitative estimate of drug-likeness (QED) is 0.882. The van der Waals surface area contributed by atoms with Crippen LogP contribution in [0.5, 0.6) is 0 Å². The fourth-order valence-electron chi connectivity index (χ4n) is 1.24. The van der Waals surface area contributed by atoms with E-state index in [1.54, 1.807) is 6.92 Å². The number of nitrogens with one attached hydrogen (secondary N) is 1. The lowest BCUT2D eigenvalue weighted by Crippen LogP contribution is -2.13. The fourth-order valence-corrected chi connectivity index (χ4v) is 2.57. The van der Waals surface area contributed by atoms with Crippen molar-refractivity contribution in [2.75, 3.05) is 11.1 Å². The van der Waals surface area contributed by atoms with Crippen LogP contribution in [-0.2, 0) is 4.79 Å². The van der Waals surface area contributed by atoms with Gasteiger partial charge < -0.3 is 0 Å². The summed E-state index contributed by atoms with van der Waals surface area (Å²) in [5.41, 5.74) is 0. The Hall–Kier alpha value is -1.54. The number of amides is 1. The highest BCUT2D eigenvalue weighted by atomic mass is 32.2. The van der Waals surface area contributed by atoms with Gasteiger partial charge in [0, 0.05) is 11.0 Å². The third-order valence-corrected chi connectivity index (χ3v) is 3.83. The second-order valence-corrected chi connectivity index (χ2v) is 5.74. The third kappa shape index (κ3) is 3.97. The molecule has 0 bridgehead atoms. The number of rotatable bonds is 4. The highest BCUT2D eigenvalue weighted by Crippen LogP contribution is 2.22. The van der Waals surface area contributed by atoms with E-state index in [1.165, 1.54) is 17.4 Å². The van der Waals surface area contributed by atoms with Gasteiger partial charge in [-0.1, -0.05) is 11.3 Å². The van der Waals surface area contributed by atoms with Crippen LogP contribution in [0.1, 0.15) is 5.01 Å². The number of anilines is 1. The van der Waals surface area contributed by atoms with Crippen LogP contribution in [0, 0.1) is 18.6 Å². The minimum Gasteiger partial charge on any atom is -0.300 e. The molecule has 0 fully saturated rings. The van der Waals surface area contributed by atoms with Crippen molar-refractivity contribution in [1.82, 2.24) is 10.2 Å². The number of benzene rings is 1. The molecule has 1 aromatic heterocycles. The Morgan fingerprint density at radius 1 is 1.42 bits per heavy atom. The maximum Gasteiger partial charge on any atom is 0.236 e. The predicted octanol–water partition coefficient (Wildman–Crippen LogP) is 2.86. The molecule has 19 heavy (non-hydrogen) atoms. The number of carbonyl (C=O) groups excluding carboxylic acids is 1. The van der Waals surface area contributed by atoms with Crippen LogP contribution >= 0.6 is 23.1 Å². The maximum absolute atomic E-state index is 13.3. The molecular formula is C11H9F2N3OS2. The van der Waals surface area contributed by atoms with E-state index in [-0.39, 0.29) is 16.6 Å². The Morgan fingerprint density at radius 2 is 2.21 bits per heavy atom. The summed E-state index contributed by atoms with van der Waals surface area (Å²) in [5.74, 6) is -1.62. The zero-order valence-corrected chi connectivity index (χ0v) is 11.4. The largest absolute Gasteiger partial charge is 0.300 e. The monoisotopic (exact) mass is 301 g/mol. The average molecular weight is 301 g/mol. The van der Waals surface area contributed by atoms with Crippen molar-refractivity contribution in [3.05, 3.63) is 34.8 Å². The summed E-state index contributed by atoms with van der Waals surface area (Å²) in [5, 5.41) is 11.2. The lowest BCUT2D eigenvalue weighted by atomic mass is 10.3. The Kier molecular flexibility index (Phi) is 4.43. The molecule has 0 radical (unpaired) electrons. The molecule has 0 atom stereocenters. The highest BCUT2D eigenvalue weighted by molar-refractivity contribution is 8.00. The van der Waals surface area contributed by atoms with Crippen LogP contribution < -0.4 is 5.32 Å². The standard InChI is InChI=1S/C11H9F2N3OS2/c1-6-15-16-11(19-6)14-10(17)5-18-9-3-2-7(12)4-8(9)13/h2-4H,5H2,1H3,(H,14,16,17). The number of thioether (sulfide) groups is 1. The molecule has 100 valence electrons. The van der Waals surface area contributed by atoms with Crippen LogP contribution in [0.25, 0.3) is 0 Å². The summed E-state index contributed by atoms with van der Waals surface area (Å²) in [6.07, 6.45) is 0. The number of aromatic nitrogens is 2. The molecule has 0 aliphatic heterocycles. The van der Waals surface area contributed by atoms with Gasteiger partial charge in [0.1, 0.15) is 16.6 Å².